The highest BCUT2D eigenvalue weighted by atomic mass is 35.5. The van der Waals surface area contributed by atoms with Gasteiger partial charge in [-0.1, -0.05) is 72.5 Å². The number of sulfonamides is 2. The van der Waals surface area contributed by atoms with Crippen molar-refractivity contribution < 1.29 is 56.3 Å². The van der Waals surface area contributed by atoms with Crippen molar-refractivity contribution in [2.75, 3.05) is 49.2 Å². The van der Waals surface area contributed by atoms with Crippen LogP contribution in [-0.2, 0) is 43.7 Å². The van der Waals surface area contributed by atoms with Crippen molar-refractivity contribution >= 4 is 66.6 Å². The Morgan fingerprint density at radius 2 is 0.988 bits per heavy atom. The van der Waals surface area contributed by atoms with Crippen LogP contribution in [0.5, 0.6) is 11.5 Å². The third-order valence-corrected chi connectivity index (χ3v) is 24.3. The fraction of sp³-hybridized carbons (Fsp3) is 0.545. The summed E-state index contributed by atoms with van der Waals surface area (Å²) in [6.07, 6.45) is 21.7. The second-order valence-corrected chi connectivity index (χ2v) is 30.6. The van der Waals surface area contributed by atoms with Gasteiger partial charge in [-0.2, -0.15) is 0 Å². The number of fused-ring (bicyclic) bond motifs is 6. The minimum atomic E-state index is -3.56. The number of allylic oxidation sites excluding steroid dienone is 2. The Kier molecular flexibility index (Phi) is 18.7. The summed E-state index contributed by atoms with van der Waals surface area (Å²) in [7, 11) is -7.12. The third-order valence-electron chi connectivity index (χ3n) is 20.9. The number of aliphatic hydroxyl groups is 2. The van der Waals surface area contributed by atoms with E-state index in [9.17, 15) is 46.9 Å². The van der Waals surface area contributed by atoms with Crippen LogP contribution in [0.3, 0.4) is 0 Å². The number of aryl methyl sites for hydroxylation is 2. The quantitative estimate of drug-likeness (QED) is 0.0571. The monoisotopic (exact) mass is 1260 g/mol. The molecule has 20 heteroatoms. The smallest absolute Gasteiger partial charge is 0.335 e. The van der Waals surface area contributed by atoms with E-state index in [2.05, 4.69) is 34.1 Å². The van der Waals surface area contributed by atoms with Crippen molar-refractivity contribution in [2.24, 2.45) is 45.8 Å². The zero-order valence-corrected chi connectivity index (χ0v) is 51.8. The van der Waals surface area contributed by atoms with Crippen LogP contribution in [-0.4, -0.2) is 111 Å². The van der Waals surface area contributed by atoms with Gasteiger partial charge in [0.15, 0.2) is 0 Å². The number of rotatable bonds is 16. The van der Waals surface area contributed by atoms with Crippen molar-refractivity contribution in [1.29, 1.82) is 0 Å². The van der Waals surface area contributed by atoms with E-state index in [1.54, 1.807) is 36.4 Å². The molecule has 4 saturated carbocycles. The van der Waals surface area contributed by atoms with Crippen LogP contribution in [0.25, 0.3) is 0 Å². The molecule has 0 unspecified atom stereocenters. The highest BCUT2D eigenvalue weighted by molar-refractivity contribution is 7.90. The number of carbonyl (C=O) groups is 2. The highest BCUT2D eigenvalue weighted by Crippen LogP contribution is 2.50. The number of hydrogen-bond donors (Lipinski definition) is 6. The van der Waals surface area contributed by atoms with Crippen molar-refractivity contribution in [2.45, 2.75) is 149 Å². The van der Waals surface area contributed by atoms with E-state index < -0.39 is 54.7 Å². The van der Waals surface area contributed by atoms with E-state index in [0.29, 0.717) is 76.6 Å². The van der Waals surface area contributed by atoms with E-state index in [0.717, 1.165) is 111 Å². The normalized spacial score (nSPS) is 29.4. The molecule has 4 aromatic carbocycles. The maximum atomic E-state index is 12.0. The molecule has 12 rings (SSSR count). The summed E-state index contributed by atoms with van der Waals surface area (Å²) in [6, 6.07) is 22.4. The van der Waals surface area contributed by atoms with Gasteiger partial charge < -0.3 is 39.7 Å². The molecule has 0 radical (unpaired) electrons. The Labute approximate surface area is 516 Å². The van der Waals surface area contributed by atoms with Crippen molar-refractivity contribution in [3.05, 3.63) is 141 Å². The van der Waals surface area contributed by atoms with Crippen LogP contribution in [0.1, 0.15) is 146 Å². The lowest BCUT2D eigenvalue weighted by Crippen LogP contribution is -2.49. The van der Waals surface area contributed by atoms with Gasteiger partial charge in [0.1, 0.15) is 11.5 Å². The van der Waals surface area contributed by atoms with Gasteiger partial charge in [-0.05, 0) is 221 Å². The van der Waals surface area contributed by atoms with Gasteiger partial charge in [0.25, 0.3) is 0 Å². The minimum absolute atomic E-state index is 0.00267. The van der Waals surface area contributed by atoms with E-state index in [-0.39, 0.29) is 57.5 Å². The predicted molar refractivity (Wildman–Crippen MR) is 335 cm³/mol. The number of primary sulfonamides is 2. The summed E-state index contributed by atoms with van der Waals surface area (Å²) in [5.41, 5.74) is 6.46. The predicted octanol–water partition coefficient (Wildman–Crippen LogP) is 10.6. The molecule has 8 N–H and O–H groups in total. The SMILES string of the molecule is NS(=O)(=O)[C@@H]1CCC[C@@H]1C/C=C/[C@H](O)[C@@H]1CC[C@H]1CN1C[C@@]2(CCCc3cc(Cl)ccc32)COc2ccc(C(=O)O)cc21.NS(=O)(=O)[C@H]1CCC[C@H]1C/C=C/[C@H](O)[C@@H]1CC[C@H]1CN1C[C@@]2(CCCc3cc(Cl)ccc32)COc2ccc(C(=O)O)cc21. The van der Waals surface area contributed by atoms with Crippen molar-refractivity contribution in [3.63, 3.8) is 0 Å². The molecule has 4 aromatic rings. The maximum absolute atomic E-state index is 12.0. The first-order chi connectivity index (χ1) is 41.1. The van der Waals surface area contributed by atoms with Crippen LogP contribution in [0.4, 0.5) is 11.4 Å². The molecule has 464 valence electrons. The van der Waals surface area contributed by atoms with Crippen molar-refractivity contribution in [3.8, 4) is 11.5 Å². The molecule has 0 amide bonds. The standard InChI is InChI=1S/2C33H41ClN2O6S/c2*34-25-11-13-27-22(16-25)6-3-15-33(27)19-36(28-17-23(32(38)39)10-14-30(28)42-20-33)18-24-9-12-26(24)29(37)7-1-4-21-5-2-8-31(21)43(35,40)41/h2*1,7,10-11,13-14,16-17,21,24,26,29,31,37H,2-6,8-9,12,15,18-20H2,(H,38,39)(H2,35,40,41)/b2*7-1+/t21-,24+,26-,29+,31+,33+;21-,24-,26+,29-,31+,33-/m10/s1. The second-order valence-electron chi connectivity index (χ2n) is 26.1. The Balaban J connectivity index is 0.000000179. The van der Waals surface area contributed by atoms with E-state index >= 15 is 0 Å². The van der Waals surface area contributed by atoms with Crippen LogP contribution in [0, 0.1) is 35.5 Å². The lowest BCUT2D eigenvalue weighted by Gasteiger charge is -2.45. The molecule has 0 bridgehead atoms. The summed E-state index contributed by atoms with van der Waals surface area (Å²) in [4.78, 5) is 28.4. The zero-order chi connectivity index (χ0) is 60.7. The number of nitrogens with two attached hydrogens (primary N) is 2. The summed E-state index contributed by atoms with van der Waals surface area (Å²) >= 11 is 12.7. The number of carboxylic acids is 2. The Hall–Kier alpha value is -5.18. The van der Waals surface area contributed by atoms with Gasteiger partial charge in [-0.15, -0.1) is 0 Å². The molecule has 6 aliphatic carbocycles. The molecular weight excluding hydrogens is 1180 g/mol. The summed E-state index contributed by atoms with van der Waals surface area (Å²) in [5.74, 6) is -0.0345. The van der Waals surface area contributed by atoms with Gasteiger partial charge in [-0.3, -0.25) is 0 Å². The molecule has 0 saturated heterocycles. The average molecular weight is 1260 g/mol. The molecule has 2 heterocycles. The average Bonchev–Trinajstić information content (AvgIpc) is 1.59. The molecular formula is C66H82Cl2N4O12S2. The van der Waals surface area contributed by atoms with E-state index in [4.69, 9.17) is 43.0 Å². The largest absolute Gasteiger partial charge is 0.490 e. The molecule has 8 aliphatic rings. The van der Waals surface area contributed by atoms with Gasteiger partial charge in [0, 0.05) is 47.1 Å². The first kappa shape index (κ1) is 62.4. The lowest BCUT2D eigenvalue weighted by atomic mass is 9.68. The number of anilines is 2. The lowest BCUT2D eigenvalue weighted by molar-refractivity contribution is 0.0454. The van der Waals surface area contributed by atoms with E-state index in [1.165, 1.54) is 22.3 Å². The number of benzene rings is 4. The maximum Gasteiger partial charge on any atom is 0.335 e. The number of aromatic carboxylic acids is 2. The fourth-order valence-corrected chi connectivity index (χ4v) is 19.0. The molecule has 2 spiro atoms. The second kappa shape index (κ2) is 25.7. The number of carboxylic acid groups (broad SMARTS) is 2. The molecule has 86 heavy (non-hydrogen) atoms. The van der Waals surface area contributed by atoms with Gasteiger partial charge in [0.2, 0.25) is 20.0 Å². The molecule has 16 nitrogen and oxygen atoms in total. The Morgan fingerprint density at radius 1 is 0.570 bits per heavy atom. The molecule has 12 atom stereocenters. The number of nitrogens with zero attached hydrogens (tertiary/aromatic N) is 2. The van der Waals surface area contributed by atoms with Gasteiger partial charge >= 0.3 is 11.9 Å². The summed E-state index contributed by atoms with van der Waals surface area (Å²) in [6.45, 7) is 3.72. The molecule has 4 fully saturated rings. The van der Waals surface area contributed by atoms with Crippen molar-refractivity contribution in [1.82, 2.24) is 0 Å². The van der Waals surface area contributed by atoms with Crippen LogP contribution >= 0.6 is 23.2 Å². The number of ether oxygens (including phenoxy) is 2. The summed E-state index contributed by atoms with van der Waals surface area (Å²) in [5, 5.41) is 53.2. The zero-order valence-electron chi connectivity index (χ0n) is 48.7. The number of hydrogen-bond acceptors (Lipinski definition) is 12. The first-order valence-electron chi connectivity index (χ1n) is 30.9. The van der Waals surface area contributed by atoms with Crippen LogP contribution < -0.4 is 29.6 Å². The minimum Gasteiger partial charge on any atom is -0.490 e. The Morgan fingerprint density at radius 3 is 1.36 bits per heavy atom. The van der Waals surface area contributed by atoms with Gasteiger partial charge in [0.05, 0.1) is 58.4 Å². The third kappa shape index (κ3) is 13.4. The Bertz CT molecular complexity index is 3250. The number of aliphatic hydroxyl groups excluding tert-OH is 2. The van der Waals surface area contributed by atoms with E-state index in [1.807, 2.05) is 36.4 Å². The summed E-state index contributed by atoms with van der Waals surface area (Å²) < 4.78 is 60.7. The fourth-order valence-electron chi connectivity index (χ4n) is 16.1. The van der Waals surface area contributed by atoms with Gasteiger partial charge in [-0.25, -0.2) is 36.7 Å². The van der Waals surface area contributed by atoms with Crippen LogP contribution in [0.15, 0.2) is 97.1 Å². The molecule has 0 aromatic heterocycles. The first-order valence-corrected chi connectivity index (χ1v) is 34.9. The highest BCUT2D eigenvalue weighted by Gasteiger charge is 2.47. The molecule has 2 aliphatic heterocycles. The number of halogens is 2. The van der Waals surface area contributed by atoms with Crippen LogP contribution in [0.2, 0.25) is 10.0 Å². The topological polar surface area (TPSA) is 260 Å².